The maximum Gasteiger partial charge on any atom is 0.203 e. The lowest BCUT2D eigenvalue weighted by Gasteiger charge is -2.28. The first-order valence-corrected chi connectivity index (χ1v) is 8.99. The Hall–Kier alpha value is -2.76. The van der Waals surface area contributed by atoms with Crippen molar-refractivity contribution in [3.8, 4) is 0 Å². The molecule has 0 N–H and O–H groups in total. The first-order chi connectivity index (χ1) is 12.7. The summed E-state index contributed by atoms with van der Waals surface area (Å²) in [4.78, 5) is 2.27. The minimum Gasteiger partial charge on any atom is -0.276 e. The number of hydrogen-bond acceptors (Lipinski definition) is 3. The predicted molar refractivity (Wildman–Crippen MR) is 107 cm³/mol. The van der Waals surface area contributed by atoms with Gasteiger partial charge in [0.25, 0.3) is 0 Å². The van der Waals surface area contributed by atoms with Crippen LogP contribution in [0, 0.1) is 4.77 Å². The van der Waals surface area contributed by atoms with Crippen molar-refractivity contribution in [3.63, 3.8) is 0 Å². The van der Waals surface area contributed by atoms with Gasteiger partial charge in [-0.15, -0.1) is 0 Å². The fourth-order valence-electron chi connectivity index (χ4n) is 3.33. The molecule has 0 fully saturated rings. The molecule has 4 nitrogen and oxygen atoms in total. The van der Waals surface area contributed by atoms with Crippen molar-refractivity contribution in [3.05, 3.63) is 101 Å². The molecule has 2 aromatic heterocycles. The maximum atomic E-state index is 5.60. The van der Waals surface area contributed by atoms with E-state index in [2.05, 4.69) is 65.6 Å². The van der Waals surface area contributed by atoms with E-state index in [-0.39, 0.29) is 6.04 Å². The van der Waals surface area contributed by atoms with Crippen LogP contribution in [-0.4, -0.2) is 26.1 Å². The molecule has 0 amide bonds. The number of benzene rings is 2. The summed E-state index contributed by atoms with van der Waals surface area (Å²) in [7, 11) is 2.11. The highest BCUT2D eigenvalue weighted by Gasteiger charge is 2.20. The maximum absolute atomic E-state index is 5.60. The van der Waals surface area contributed by atoms with Gasteiger partial charge in [-0.2, -0.15) is 5.10 Å². The molecule has 0 aliphatic carbocycles. The topological polar surface area (TPSA) is 25.5 Å². The molecule has 0 unspecified atom stereocenters. The van der Waals surface area contributed by atoms with E-state index >= 15 is 0 Å². The summed E-state index contributed by atoms with van der Waals surface area (Å²) in [6, 6.07) is 27.1. The van der Waals surface area contributed by atoms with Crippen LogP contribution in [0.4, 0.5) is 0 Å². The molecule has 130 valence electrons. The highest BCUT2D eigenvalue weighted by Crippen LogP contribution is 2.27. The van der Waals surface area contributed by atoms with Crippen molar-refractivity contribution < 1.29 is 0 Å². The molecule has 0 spiro atoms. The normalized spacial score (nSPS) is 11.5. The van der Waals surface area contributed by atoms with E-state index in [1.54, 1.807) is 0 Å². The molecule has 0 saturated carbocycles. The third-order valence-corrected chi connectivity index (χ3v) is 4.92. The minimum atomic E-state index is 0.129. The van der Waals surface area contributed by atoms with Crippen LogP contribution in [0.3, 0.4) is 0 Å². The second-order valence-electron chi connectivity index (χ2n) is 6.33. The van der Waals surface area contributed by atoms with Gasteiger partial charge in [-0.05, 0) is 42.5 Å². The van der Waals surface area contributed by atoms with Crippen molar-refractivity contribution in [1.82, 2.24) is 19.1 Å². The lowest BCUT2D eigenvalue weighted by molar-refractivity contribution is 0.208. The molecule has 5 heteroatoms. The van der Waals surface area contributed by atoms with Gasteiger partial charge in [0.1, 0.15) is 0 Å². The molecule has 0 aliphatic rings. The van der Waals surface area contributed by atoms with Crippen LogP contribution in [0.25, 0.3) is 5.65 Å². The molecular weight excluding hydrogens is 340 g/mol. The van der Waals surface area contributed by atoms with Crippen molar-refractivity contribution >= 4 is 17.9 Å². The second kappa shape index (κ2) is 7.23. The molecule has 2 aromatic carbocycles. The van der Waals surface area contributed by atoms with Gasteiger partial charge >= 0.3 is 0 Å². The fourth-order valence-corrected chi connectivity index (χ4v) is 3.58. The third-order valence-electron chi connectivity index (χ3n) is 4.52. The lowest BCUT2D eigenvalue weighted by atomic mass is 9.98. The number of fused-ring (bicyclic) bond motifs is 1. The van der Waals surface area contributed by atoms with Crippen LogP contribution in [-0.2, 0) is 6.67 Å². The number of pyridine rings is 1. The van der Waals surface area contributed by atoms with Gasteiger partial charge in [0.15, 0.2) is 5.65 Å². The van der Waals surface area contributed by atoms with Crippen LogP contribution in [0.5, 0.6) is 0 Å². The quantitative estimate of drug-likeness (QED) is 0.489. The molecule has 4 rings (SSSR count). The van der Waals surface area contributed by atoms with Gasteiger partial charge in [0, 0.05) is 6.20 Å². The average molecular weight is 360 g/mol. The van der Waals surface area contributed by atoms with Gasteiger partial charge in [0.2, 0.25) is 4.77 Å². The Balaban J connectivity index is 1.71. The smallest absolute Gasteiger partial charge is 0.203 e. The Kier molecular flexibility index (Phi) is 4.65. The largest absolute Gasteiger partial charge is 0.276 e. The van der Waals surface area contributed by atoms with E-state index in [1.165, 1.54) is 11.1 Å². The first kappa shape index (κ1) is 16.7. The van der Waals surface area contributed by atoms with E-state index in [4.69, 9.17) is 12.2 Å². The van der Waals surface area contributed by atoms with Crippen LogP contribution in [0.15, 0.2) is 85.1 Å². The summed E-state index contributed by atoms with van der Waals surface area (Å²) >= 11 is 5.60. The van der Waals surface area contributed by atoms with Crippen molar-refractivity contribution in [2.24, 2.45) is 0 Å². The van der Waals surface area contributed by atoms with Crippen molar-refractivity contribution in [1.29, 1.82) is 0 Å². The van der Waals surface area contributed by atoms with E-state index in [0.717, 1.165) is 5.65 Å². The number of rotatable bonds is 5. The third kappa shape index (κ3) is 3.19. The van der Waals surface area contributed by atoms with Crippen molar-refractivity contribution in [2.75, 3.05) is 7.05 Å². The highest BCUT2D eigenvalue weighted by atomic mass is 32.1. The summed E-state index contributed by atoms with van der Waals surface area (Å²) in [6.45, 7) is 0.606. The van der Waals surface area contributed by atoms with Crippen LogP contribution in [0.2, 0.25) is 0 Å². The molecule has 0 saturated heterocycles. The Morgan fingerprint density at radius 3 is 2.04 bits per heavy atom. The number of aromatic nitrogens is 3. The number of hydrogen-bond donors (Lipinski definition) is 0. The van der Waals surface area contributed by atoms with Crippen molar-refractivity contribution in [2.45, 2.75) is 12.7 Å². The number of nitrogens with zero attached hydrogens (tertiary/aromatic N) is 4. The predicted octanol–water partition coefficient (Wildman–Crippen LogP) is 4.54. The van der Waals surface area contributed by atoms with Gasteiger partial charge in [-0.25, -0.2) is 4.68 Å². The average Bonchev–Trinajstić information content (AvgIpc) is 2.99. The zero-order valence-electron chi connectivity index (χ0n) is 14.6. The molecule has 0 bridgehead atoms. The van der Waals surface area contributed by atoms with E-state index in [9.17, 15) is 0 Å². The molecule has 0 radical (unpaired) electrons. The summed E-state index contributed by atoms with van der Waals surface area (Å²) in [5.41, 5.74) is 3.36. The SMILES string of the molecule is CN(Cn1nc2ccccn2c1=S)C(c1ccccc1)c1ccccc1. The Labute approximate surface area is 157 Å². The minimum absolute atomic E-state index is 0.129. The molecule has 2 heterocycles. The fraction of sp³-hybridized carbons (Fsp3) is 0.143. The summed E-state index contributed by atoms with van der Waals surface area (Å²) in [6.07, 6.45) is 1.95. The van der Waals surface area contributed by atoms with Crippen LogP contribution < -0.4 is 0 Å². The van der Waals surface area contributed by atoms with E-state index < -0.39 is 0 Å². The Morgan fingerprint density at radius 2 is 1.46 bits per heavy atom. The van der Waals surface area contributed by atoms with Gasteiger partial charge in [-0.1, -0.05) is 66.7 Å². The zero-order valence-corrected chi connectivity index (χ0v) is 15.4. The Morgan fingerprint density at radius 1 is 0.885 bits per heavy atom. The zero-order chi connectivity index (χ0) is 17.9. The molecular formula is C21H20N4S. The Bertz CT molecular complexity index is 1010. The molecule has 0 atom stereocenters. The summed E-state index contributed by atoms with van der Waals surface area (Å²) < 4.78 is 4.51. The van der Waals surface area contributed by atoms with Crippen LogP contribution in [0.1, 0.15) is 17.2 Å². The summed E-state index contributed by atoms with van der Waals surface area (Å²) in [5.74, 6) is 0. The van der Waals surface area contributed by atoms with Gasteiger partial charge < -0.3 is 0 Å². The highest BCUT2D eigenvalue weighted by molar-refractivity contribution is 7.71. The first-order valence-electron chi connectivity index (χ1n) is 8.58. The molecule has 4 aromatic rings. The monoisotopic (exact) mass is 360 g/mol. The lowest BCUT2D eigenvalue weighted by Crippen LogP contribution is -2.28. The summed E-state index contributed by atoms with van der Waals surface area (Å²) in [5, 5.41) is 4.66. The standard InChI is InChI=1S/C21H20N4S/c1-23(16-25-21(26)24-15-9-8-14-19(24)22-25)20(17-10-4-2-5-11-17)18-12-6-3-7-13-18/h2-15,20H,16H2,1H3. The van der Waals surface area contributed by atoms with Crippen LogP contribution >= 0.6 is 12.2 Å². The van der Waals surface area contributed by atoms with E-state index in [0.29, 0.717) is 11.4 Å². The molecule has 0 aliphatic heterocycles. The van der Waals surface area contributed by atoms with E-state index in [1.807, 2.05) is 45.6 Å². The molecule has 26 heavy (non-hydrogen) atoms. The van der Waals surface area contributed by atoms with Gasteiger partial charge in [-0.3, -0.25) is 9.30 Å². The van der Waals surface area contributed by atoms with Gasteiger partial charge in [0.05, 0.1) is 12.7 Å². The second-order valence-corrected chi connectivity index (χ2v) is 6.70.